The highest BCUT2D eigenvalue weighted by molar-refractivity contribution is 5.29. The largest absolute Gasteiger partial charge is 0.431 e. The molecule has 0 aromatic carbocycles. The van der Waals surface area contributed by atoms with Gasteiger partial charge < -0.3 is 69.3 Å². The van der Waals surface area contributed by atoms with E-state index >= 15 is 0 Å². The summed E-state index contributed by atoms with van der Waals surface area (Å²) in [6.45, 7) is 3.04. The van der Waals surface area contributed by atoms with Gasteiger partial charge >= 0.3 is 5.63 Å². The zero-order valence-electron chi connectivity index (χ0n) is 29.0. The van der Waals surface area contributed by atoms with Gasteiger partial charge in [0.1, 0.15) is 48.8 Å². The first-order valence-corrected chi connectivity index (χ1v) is 18.4. The third-order valence-corrected chi connectivity index (χ3v) is 14.2. The Labute approximate surface area is 295 Å². The molecule has 0 unspecified atom stereocenters. The van der Waals surface area contributed by atoms with Crippen molar-refractivity contribution in [3.05, 3.63) is 34.4 Å². The van der Waals surface area contributed by atoms with Gasteiger partial charge in [0.15, 0.2) is 12.6 Å². The first kappa shape index (κ1) is 37.7. The van der Waals surface area contributed by atoms with E-state index in [0.29, 0.717) is 19.3 Å². The van der Waals surface area contributed by atoms with Crippen LogP contribution in [0.15, 0.2) is 27.6 Å². The third kappa shape index (κ3) is 6.04. The Morgan fingerprint density at radius 3 is 2.16 bits per heavy atom. The third-order valence-electron chi connectivity index (χ3n) is 14.2. The standard InChI is InChI=1S/C36H54O15/c1-34-9-7-18(48-32-30(45)28(43)31(23(14-38)50-32)51-33-29(44)27(42)26(41)22(13-37)49-33)11-17(34)4-5-20-19(34)8-10-35(2)25(21(39)12-36(20,35)46)16-3-6-24(40)47-15-16/h3,6,15,17-23,25-33,37-39,41-46H,4-5,7-14H2,1-2H3/t17-,18+,19+,20-,21+,22-,23-,25+,26-,27+,28-,29-,30-,31-,32-,33+,34+,35-,36+/m1/s1. The molecule has 1 aromatic rings. The van der Waals surface area contributed by atoms with E-state index in [1.54, 1.807) is 6.07 Å². The van der Waals surface area contributed by atoms with E-state index in [1.807, 2.05) is 0 Å². The summed E-state index contributed by atoms with van der Waals surface area (Å²) in [5.74, 6) is 0.0875. The summed E-state index contributed by atoms with van der Waals surface area (Å²) in [4.78, 5) is 11.7. The lowest BCUT2D eigenvalue weighted by Crippen LogP contribution is -2.65. The molecule has 6 aliphatic rings. The van der Waals surface area contributed by atoms with Gasteiger partial charge in [0.05, 0.1) is 37.3 Å². The molecule has 15 heteroatoms. The van der Waals surface area contributed by atoms with Crippen LogP contribution in [0.4, 0.5) is 0 Å². The lowest BCUT2D eigenvalue weighted by Gasteiger charge is -2.63. The van der Waals surface area contributed by atoms with Crippen LogP contribution in [0.5, 0.6) is 0 Å². The van der Waals surface area contributed by atoms with Gasteiger partial charge in [0.25, 0.3) is 0 Å². The first-order valence-electron chi connectivity index (χ1n) is 18.4. The highest BCUT2D eigenvalue weighted by Crippen LogP contribution is 2.70. The Hall–Kier alpha value is -1.57. The summed E-state index contributed by atoms with van der Waals surface area (Å²) in [7, 11) is 0. The number of hydrogen-bond donors (Lipinski definition) is 9. The molecule has 4 aliphatic carbocycles. The number of fused-ring (bicyclic) bond motifs is 5. The van der Waals surface area contributed by atoms with Crippen molar-refractivity contribution < 1.29 is 69.3 Å². The molecule has 0 spiro atoms. The average molecular weight is 727 g/mol. The summed E-state index contributed by atoms with van der Waals surface area (Å²) >= 11 is 0. The fourth-order valence-corrected chi connectivity index (χ4v) is 11.3. The van der Waals surface area contributed by atoms with E-state index in [9.17, 15) is 50.8 Å². The Bertz CT molecular complexity index is 1420. The fraction of sp³-hybridized carbons (Fsp3) is 0.861. The summed E-state index contributed by atoms with van der Waals surface area (Å²) in [6.07, 6.45) is -9.22. The van der Waals surface area contributed by atoms with E-state index in [-0.39, 0.29) is 41.6 Å². The van der Waals surface area contributed by atoms with E-state index in [0.717, 1.165) is 31.2 Å². The molecule has 3 heterocycles. The Morgan fingerprint density at radius 2 is 1.47 bits per heavy atom. The van der Waals surface area contributed by atoms with Crippen molar-refractivity contribution in [3.63, 3.8) is 0 Å². The molecule has 15 nitrogen and oxygen atoms in total. The Kier molecular flexibility index (Phi) is 10.3. The maximum atomic E-state index is 12.6. The minimum absolute atomic E-state index is 0.0186. The average Bonchev–Trinajstić information content (AvgIpc) is 3.32. The van der Waals surface area contributed by atoms with Crippen molar-refractivity contribution in [1.82, 2.24) is 0 Å². The van der Waals surface area contributed by atoms with Crippen LogP contribution in [-0.2, 0) is 18.9 Å². The summed E-state index contributed by atoms with van der Waals surface area (Å²) < 4.78 is 28.4. The maximum absolute atomic E-state index is 12.6. The molecule has 0 bridgehead atoms. The van der Waals surface area contributed by atoms with Crippen molar-refractivity contribution in [1.29, 1.82) is 0 Å². The summed E-state index contributed by atoms with van der Waals surface area (Å²) in [5.41, 5.74) is -1.53. The topological polar surface area (TPSA) is 249 Å². The van der Waals surface area contributed by atoms with E-state index in [4.69, 9.17) is 23.4 Å². The molecular formula is C36H54O15. The molecule has 288 valence electrons. The number of rotatable bonds is 7. The van der Waals surface area contributed by atoms with Crippen LogP contribution < -0.4 is 5.63 Å². The predicted octanol–water partition coefficient (Wildman–Crippen LogP) is -1.14. The molecule has 6 fully saturated rings. The van der Waals surface area contributed by atoms with E-state index < -0.39 is 97.4 Å². The van der Waals surface area contributed by atoms with Gasteiger partial charge in [-0.2, -0.15) is 0 Å². The van der Waals surface area contributed by atoms with Crippen LogP contribution in [0.25, 0.3) is 0 Å². The van der Waals surface area contributed by atoms with Crippen LogP contribution in [0.1, 0.15) is 76.7 Å². The Morgan fingerprint density at radius 1 is 0.784 bits per heavy atom. The van der Waals surface area contributed by atoms with Crippen molar-refractivity contribution in [2.45, 2.75) is 150 Å². The first-order chi connectivity index (χ1) is 24.2. The number of aliphatic hydroxyl groups is 9. The highest BCUT2D eigenvalue weighted by Gasteiger charge is 2.70. The van der Waals surface area contributed by atoms with Crippen molar-refractivity contribution in [3.8, 4) is 0 Å². The lowest BCUT2D eigenvalue weighted by atomic mass is 9.43. The smallest absolute Gasteiger partial charge is 0.335 e. The molecule has 2 saturated heterocycles. The van der Waals surface area contributed by atoms with E-state index in [1.165, 1.54) is 12.3 Å². The van der Waals surface area contributed by atoms with Gasteiger partial charge in [-0.3, -0.25) is 0 Å². The molecular weight excluding hydrogens is 672 g/mol. The van der Waals surface area contributed by atoms with Crippen LogP contribution in [0.2, 0.25) is 0 Å². The molecule has 1 aromatic heterocycles. The molecule has 7 rings (SSSR count). The van der Waals surface area contributed by atoms with Gasteiger partial charge in [-0.05, 0) is 79.7 Å². The number of aliphatic hydroxyl groups excluding tert-OH is 8. The number of ether oxygens (including phenoxy) is 4. The maximum Gasteiger partial charge on any atom is 0.335 e. The van der Waals surface area contributed by atoms with E-state index in [2.05, 4.69) is 13.8 Å². The van der Waals surface area contributed by atoms with Gasteiger partial charge in [0, 0.05) is 23.8 Å². The van der Waals surface area contributed by atoms with Crippen molar-refractivity contribution in [2.75, 3.05) is 13.2 Å². The highest BCUT2D eigenvalue weighted by atomic mass is 16.7. The van der Waals surface area contributed by atoms with Crippen LogP contribution in [0, 0.1) is 28.6 Å². The monoisotopic (exact) mass is 726 g/mol. The zero-order chi connectivity index (χ0) is 36.6. The fourth-order valence-electron chi connectivity index (χ4n) is 11.3. The summed E-state index contributed by atoms with van der Waals surface area (Å²) in [5, 5.41) is 96.4. The molecule has 2 aliphatic heterocycles. The molecule has 51 heavy (non-hydrogen) atoms. The molecule has 9 N–H and O–H groups in total. The summed E-state index contributed by atoms with van der Waals surface area (Å²) in [6, 6.07) is 3.06. The minimum Gasteiger partial charge on any atom is -0.431 e. The second-order valence-electron chi connectivity index (χ2n) is 16.5. The zero-order valence-corrected chi connectivity index (χ0v) is 29.0. The van der Waals surface area contributed by atoms with Gasteiger partial charge in [-0.15, -0.1) is 0 Å². The predicted molar refractivity (Wildman–Crippen MR) is 174 cm³/mol. The van der Waals surface area contributed by atoms with Crippen LogP contribution >= 0.6 is 0 Å². The molecule has 19 atom stereocenters. The second kappa shape index (κ2) is 13.9. The molecule has 0 amide bonds. The normalized spacial score (nSPS) is 52.8. The number of hydrogen-bond acceptors (Lipinski definition) is 15. The lowest BCUT2D eigenvalue weighted by molar-refractivity contribution is -0.364. The SMILES string of the molecule is C[C@]12CC[C@H](O[C@@H]3O[C@H](CO)[C@@H](O[C@@H]4O[C@H](CO)[C@@H](O)[C@H](O)[C@H]4O)[C@H](O)[C@H]3O)C[C@H]1CC[C@@H]1[C@@H]2CC[C@]2(C)[C@@H](c3ccc(=O)oc3)[C@@H](O)C[C@]12O. The Balaban J connectivity index is 1.01. The van der Waals surface area contributed by atoms with Crippen LogP contribution in [0.3, 0.4) is 0 Å². The van der Waals surface area contributed by atoms with Crippen molar-refractivity contribution >= 4 is 0 Å². The van der Waals surface area contributed by atoms with Crippen molar-refractivity contribution in [2.24, 2.45) is 28.6 Å². The van der Waals surface area contributed by atoms with Gasteiger partial charge in [-0.25, -0.2) is 4.79 Å². The van der Waals surface area contributed by atoms with Gasteiger partial charge in [0.2, 0.25) is 0 Å². The minimum atomic E-state index is -1.75. The molecule has 0 radical (unpaired) electrons. The van der Waals surface area contributed by atoms with Crippen LogP contribution in [-0.4, -0.2) is 138 Å². The molecule has 4 saturated carbocycles. The quantitative estimate of drug-likeness (QED) is 0.151. The second-order valence-corrected chi connectivity index (χ2v) is 16.5. The van der Waals surface area contributed by atoms with Gasteiger partial charge in [-0.1, -0.05) is 13.8 Å².